The Bertz CT molecular complexity index is 1030. The fourth-order valence-electron chi connectivity index (χ4n) is 3.90. The highest BCUT2D eigenvalue weighted by Gasteiger charge is 2.27. The molecule has 2 aromatic carbocycles. The molecule has 7 heteroatoms. The van der Waals surface area contributed by atoms with Crippen LogP contribution in [0.4, 0.5) is 11.4 Å². The minimum atomic E-state index is -0.426. The Morgan fingerprint density at radius 2 is 1.93 bits per heavy atom. The van der Waals surface area contributed by atoms with Crippen molar-refractivity contribution >= 4 is 28.3 Å². The molecule has 28 heavy (non-hydrogen) atoms. The first kappa shape index (κ1) is 18.2. The zero-order valence-corrected chi connectivity index (χ0v) is 15.6. The summed E-state index contributed by atoms with van der Waals surface area (Å²) in [4.78, 5) is 30.7. The van der Waals surface area contributed by atoms with Crippen LogP contribution in [0.5, 0.6) is 0 Å². The molecule has 1 saturated carbocycles. The van der Waals surface area contributed by atoms with E-state index in [-0.39, 0.29) is 17.5 Å². The molecule has 1 heterocycles. The van der Waals surface area contributed by atoms with Crippen LogP contribution in [-0.4, -0.2) is 20.8 Å². The minimum absolute atomic E-state index is 0.0256. The first-order valence-corrected chi connectivity index (χ1v) is 9.57. The van der Waals surface area contributed by atoms with E-state index >= 15 is 0 Å². The lowest BCUT2D eigenvalue weighted by molar-refractivity contribution is -0.384. The molecule has 0 saturated heterocycles. The van der Waals surface area contributed by atoms with E-state index < -0.39 is 4.92 Å². The number of carbonyl (C=O) groups excluding carboxylic acids is 1. The molecule has 1 aliphatic carbocycles. The van der Waals surface area contributed by atoms with Gasteiger partial charge in [0.2, 0.25) is 5.91 Å². The predicted molar refractivity (Wildman–Crippen MR) is 108 cm³/mol. The number of nitrogens with zero attached hydrogens (tertiary/aromatic N) is 2. The molecule has 1 aromatic heterocycles. The highest BCUT2D eigenvalue weighted by Crippen LogP contribution is 2.31. The smallest absolute Gasteiger partial charge is 0.271 e. The molecule has 4 rings (SSSR count). The van der Waals surface area contributed by atoms with Gasteiger partial charge in [-0.05, 0) is 49.1 Å². The van der Waals surface area contributed by atoms with Crippen molar-refractivity contribution in [2.24, 2.45) is 11.8 Å². The van der Waals surface area contributed by atoms with Gasteiger partial charge in [0.1, 0.15) is 5.82 Å². The highest BCUT2D eigenvalue weighted by atomic mass is 16.6. The van der Waals surface area contributed by atoms with E-state index in [1.54, 1.807) is 6.07 Å². The maximum atomic E-state index is 12.6. The van der Waals surface area contributed by atoms with E-state index in [2.05, 4.69) is 22.2 Å². The number of hydrogen-bond acceptors (Lipinski definition) is 4. The average Bonchev–Trinajstić information content (AvgIpc) is 3.12. The highest BCUT2D eigenvalue weighted by molar-refractivity contribution is 5.93. The Balaban J connectivity index is 1.50. The van der Waals surface area contributed by atoms with Crippen molar-refractivity contribution in [2.75, 3.05) is 5.32 Å². The summed E-state index contributed by atoms with van der Waals surface area (Å²) in [7, 11) is 0. The van der Waals surface area contributed by atoms with Gasteiger partial charge < -0.3 is 10.3 Å². The van der Waals surface area contributed by atoms with Crippen LogP contribution < -0.4 is 5.32 Å². The van der Waals surface area contributed by atoms with Crippen LogP contribution in [0.25, 0.3) is 22.4 Å². The third kappa shape index (κ3) is 3.60. The van der Waals surface area contributed by atoms with Gasteiger partial charge in [-0.1, -0.05) is 19.8 Å². The molecule has 144 valence electrons. The number of rotatable bonds is 4. The van der Waals surface area contributed by atoms with Crippen LogP contribution in [0.1, 0.15) is 32.6 Å². The Labute approximate surface area is 162 Å². The number of carbonyl (C=O) groups is 1. The topological polar surface area (TPSA) is 101 Å². The normalized spacial score (nSPS) is 19.5. The molecule has 1 aliphatic rings. The van der Waals surface area contributed by atoms with E-state index in [1.807, 2.05) is 24.3 Å². The van der Waals surface area contributed by atoms with Gasteiger partial charge in [-0.3, -0.25) is 14.9 Å². The number of H-pyrrole nitrogens is 1. The Kier molecular flexibility index (Phi) is 4.81. The molecule has 2 atom stereocenters. The zero-order valence-electron chi connectivity index (χ0n) is 15.6. The second kappa shape index (κ2) is 7.42. The van der Waals surface area contributed by atoms with Gasteiger partial charge >= 0.3 is 0 Å². The average molecular weight is 378 g/mol. The molecule has 7 nitrogen and oxygen atoms in total. The molecular weight excluding hydrogens is 356 g/mol. The van der Waals surface area contributed by atoms with Crippen molar-refractivity contribution in [3.8, 4) is 11.4 Å². The van der Waals surface area contributed by atoms with Crippen molar-refractivity contribution in [1.82, 2.24) is 9.97 Å². The van der Waals surface area contributed by atoms with Crippen molar-refractivity contribution in [3.05, 3.63) is 52.6 Å². The fraction of sp³-hybridized carbons (Fsp3) is 0.333. The standard InChI is InChI=1S/C21H22N4O3/c1-13-4-2-3-5-17(13)21(26)22-15-8-6-14(7-9-15)20-23-18-11-10-16(25(27)28)12-19(18)24-20/h6-13,17H,2-5H2,1H3,(H,22,26)(H,23,24). The SMILES string of the molecule is CC1CCCCC1C(=O)Nc1ccc(-c2nc3ccc([N+](=O)[O-])cc3[nH]2)cc1. The largest absolute Gasteiger partial charge is 0.338 e. The van der Waals surface area contributed by atoms with E-state index in [0.717, 1.165) is 30.5 Å². The van der Waals surface area contributed by atoms with Gasteiger partial charge in [0.05, 0.1) is 16.0 Å². The number of aromatic nitrogens is 2. The van der Waals surface area contributed by atoms with Crippen LogP contribution in [0.2, 0.25) is 0 Å². The summed E-state index contributed by atoms with van der Waals surface area (Å²) in [6, 6.07) is 12.0. The Hall–Kier alpha value is -3.22. The van der Waals surface area contributed by atoms with Crippen LogP contribution in [0.15, 0.2) is 42.5 Å². The number of hydrogen-bond donors (Lipinski definition) is 2. The molecule has 0 spiro atoms. The van der Waals surface area contributed by atoms with E-state index in [4.69, 9.17) is 0 Å². The summed E-state index contributed by atoms with van der Waals surface area (Å²) in [6.45, 7) is 2.15. The van der Waals surface area contributed by atoms with Crippen molar-refractivity contribution in [3.63, 3.8) is 0 Å². The van der Waals surface area contributed by atoms with Gasteiger partial charge in [0.15, 0.2) is 0 Å². The maximum Gasteiger partial charge on any atom is 0.271 e. The Morgan fingerprint density at radius 3 is 2.64 bits per heavy atom. The molecule has 0 radical (unpaired) electrons. The van der Waals surface area contributed by atoms with E-state index in [0.29, 0.717) is 22.8 Å². The van der Waals surface area contributed by atoms with Crippen LogP contribution in [-0.2, 0) is 4.79 Å². The monoisotopic (exact) mass is 378 g/mol. The number of benzene rings is 2. The number of aromatic amines is 1. The van der Waals surface area contributed by atoms with E-state index in [9.17, 15) is 14.9 Å². The lowest BCUT2D eigenvalue weighted by atomic mass is 9.80. The maximum absolute atomic E-state index is 12.6. The number of non-ortho nitro benzene ring substituents is 1. The van der Waals surface area contributed by atoms with Crippen LogP contribution >= 0.6 is 0 Å². The quantitative estimate of drug-likeness (QED) is 0.498. The number of imidazole rings is 1. The van der Waals surface area contributed by atoms with Crippen LogP contribution in [0, 0.1) is 22.0 Å². The van der Waals surface area contributed by atoms with Crippen LogP contribution in [0.3, 0.4) is 0 Å². The number of nitro benzene ring substituents is 1. The third-order valence-electron chi connectivity index (χ3n) is 5.55. The molecule has 1 fully saturated rings. The molecule has 3 aromatic rings. The summed E-state index contributed by atoms with van der Waals surface area (Å²) >= 11 is 0. The van der Waals surface area contributed by atoms with Crippen molar-refractivity contribution < 1.29 is 9.72 Å². The summed E-state index contributed by atoms with van der Waals surface area (Å²) in [5.74, 6) is 1.23. The Morgan fingerprint density at radius 1 is 1.18 bits per heavy atom. The van der Waals surface area contributed by atoms with Crippen molar-refractivity contribution in [1.29, 1.82) is 0 Å². The minimum Gasteiger partial charge on any atom is -0.338 e. The van der Waals surface area contributed by atoms with Gasteiger partial charge in [0, 0.05) is 29.3 Å². The number of fused-ring (bicyclic) bond motifs is 1. The molecule has 0 bridgehead atoms. The first-order valence-electron chi connectivity index (χ1n) is 9.57. The van der Waals surface area contributed by atoms with E-state index in [1.165, 1.54) is 18.6 Å². The van der Waals surface area contributed by atoms with Gasteiger partial charge in [-0.2, -0.15) is 0 Å². The summed E-state index contributed by atoms with van der Waals surface area (Å²) in [5, 5.41) is 13.9. The van der Waals surface area contributed by atoms with Gasteiger partial charge in [-0.15, -0.1) is 0 Å². The molecular formula is C21H22N4O3. The second-order valence-corrected chi connectivity index (χ2v) is 7.48. The summed E-state index contributed by atoms with van der Waals surface area (Å²) in [5.41, 5.74) is 2.93. The molecule has 1 amide bonds. The lowest BCUT2D eigenvalue weighted by Gasteiger charge is -2.27. The third-order valence-corrected chi connectivity index (χ3v) is 5.55. The molecule has 2 unspecified atom stereocenters. The second-order valence-electron chi connectivity index (χ2n) is 7.48. The molecule has 2 N–H and O–H groups in total. The predicted octanol–water partition coefficient (Wildman–Crippen LogP) is 4.90. The van der Waals surface area contributed by atoms with Gasteiger partial charge in [0.25, 0.3) is 5.69 Å². The number of nitrogens with one attached hydrogen (secondary N) is 2. The summed E-state index contributed by atoms with van der Waals surface area (Å²) in [6.07, 6.45) is 4.39. The summed E-state index contributed by atoms with van der Waals surface area (Å²) < 4.78 is 0. The molecule has 0 aliphatic heterocycles. The number of nitro groups is 1. The lowest BCUT2D eigenvalue weighted by Crippen LogP contribution is -2.30. The first-order chi connectivity index (χ1) is 13.5. The van der Waals surface area contributed by atoms with Gasteiger partial charge in [-0.25, -0.2) is 4.98 Å². The zero-order chi connectivity index (χ0) is 19.7. The number of anilines is 1. The fourth-order valence-corrected chi connectivity index (χ4v) is 3.90. The van der Waals surface area contributed by atoms with Crippen molar-refractivity contribution in [2.45, 2.75) is 32.6 Å². The number of amides is 1.